The summed E-state index contributed by atoms with van der Waals surface area (Å²) in [6.45, 7) is 1.78. The fraction of sp³-hybridized carbons (Fsp3) is 0.688. The van der Waals surface area contributed by atoms with Gasteiger partial charge in [-0.2, -0.15) is 0 Å². The van der Waals surface area contributed by atoms with Gasteiger partial charge in [-0.3, -0.25) is 0 Å². The number of aliphatic hydroxyl groups excluding tert-OH is 3. The molecule has 0 saturated heterocycles. The smallest absolute Gasteiger partial charge is 0.330 e. The van der Waals surface area contributed by atoms with Crippen LogP contribution in [-0.2, 0) is 9.53 Å². The third-order valence-electron chi connectivity index (χ3n) is 4.27. The summed E-state index contributed by atoms with van der Waals surface area (Å²) >= 11 is 0. The zero-order valence-electron chi connectivity index (χ0n) is 12.3. The normalized spacial score (nSPS) is 44.7. The minimum atomic E-state index is -0.808. The van der Waals surface area contributed by atoms with Gasteiger partial charge in [0.05, 0.1) is 24.4 Å². The van der Waals surface area contributed by atoms with Crippen molar-refractivity contribution in [1.82, 2.24) is 0 Å². The average Bonchev–Trinajstić information content (AvgIpc) is 2.80. The molecule has 1 fully saturated rings. The zero-order valence-corrected chi connectivity index (χ0v) is 12.3. The summed E-state index contributed by atoms with van der Waals surface area (Å²) in [4.78, 5) is 11.6. The highest BCUT2D eigenvalue weighted by molar-refractivity contribution is 5.82. The van der Waals surface area contributed by atoms with Crippen LogP contribution in [0.1, 0.15) is 32.6 Å². The van der Waals surface area contributed by atoms with Crippen molar-refractivity contribution in [2.75, 3.05) is 0 Å². The van der Waals surface area contributed by atoms with Crippen molar-refractivity contribution in [1.29, 1.82) is 0 Å². The monoisotopic (exact) mass is 296 g/mol. The Morgan fingerprint density at radius 1 is 1.10 bits per heavy atom. The molecule has 0 bridgehead atoms. The van der Waals surface area contributed by atoms with Gasteiger partial charge in [0.2, 0.25) is 0 Å². The van der Waals surface area contributed by atoms with Gasteiger partial charge < -0.3 is 20.1 Å². The second-order valence-electron chi connectivity index (χ2n) is 6.08. The largest absolute Gasteiger partial charge is 0.460 e. The van der Waals surface area contributed by atoms with Crippen LogP contribution in [0.25, 0.3) is 0 Å². The molecule has 21 heavy (non-hydrogen) atoms. The van der Waals surface area contributed by atoms with Gasteiger partial charge in [0.15, 0.2) is 0 Å². The van der Waals surface area contributed by atoms with Crippen LogP contribution in [0.3, 0.4) is 0 Å². The van der Waals surface area contributed by atoms with Crippen molar-refractivity contribution in [3.8, 4) is 0 Å². The lowest BCUT2D eigenvalue weighted by molar-refractivity contribution is -0.142. The van der Waals surface area contributed by atoms with Gasteiger partial charge in [0, 0.05) is 6.08 Å². The predicted molar refractivity (Wildman–Crippen MR) is 77.3 cm³/mol. The van der Waals surface area contributed by atoms with Crippen LogP contribution < -0.4 is 0 Å². The highest BCUT2D eigenvalue weighted by Crippen LogP contribution is 2.36. The molecule has 0 aromatic heterocycles. The van der Waals surface area contributed by atoms with Gasteiger partial charge in [0.1, 0.15) is 0 Å². The van der Waals surface area contributed by atoms with E-state index in [1.807, 2.05) is 6.08 Å². The summed E-state index contributed by atoms with van der Waals surface area (Å²) in [5, 5.41) is 29.9. The molecule has 5 heteroatoms. The van der Waals surface area contributed by atoms with E-state index < -0.39 is 24.3 Å². The van der Waals surface area contributed by atoms with E-state index in [1.54, 1.807) is 13.0 Å². The molecule has 6 atom stereocenters. The highest BCUT2D eigenvalue weighted by atomic mass is 16.5. The molecule has 1 saturated carbocycles. The first-order valence-electron chi connectivity index (χ1n) is 7.57. The SMILES string of the molecule is CC1CC[C@@H](O)/C=C/[C@@H]2C[C@H](O)CC2[C@H](O)/C=C/C(=O)O1. The third-order valence-corrected chi connectivity index (χ3v) is 4.27. The fourth-order valence-corrected chi connectivity index (χ4v) is 3.08. The molecule has 2 unspecified atom stereocenters. The molecule has 2 aliphatic rings. The molecule has 2 rings (SSSR count). The Hall–Kier alpha value is -1.17. The molecule has 118 valence electrons. The number of carbonyl (C=O) groups is 1. The average molecular weight is 296 g/mol. The number of esters is 1. The van der Waals surface area contributed by atoms with E-state index in [-0.39, 0.29) is 17.9 Å². The van der Waals surface area contributed by atoms with Gasteiger partial charge >= 0.3 is 5.97 Å². The Kier molecular flexibility index (Phi) is 5.56. The van der Waals surface area contributed by atoms with Crippen molar-refractivity contribution >= 4 is 5.97 Å². The Balaban J connectivity index is 2.16. The molecule has 5 nitrogen and oxygen atoms in total. The van der Waals surface area contributed by atoms with Crippen LogP contribution in [0.2, 0.25) is 0 Å². The number of carbonyl (C=O) groups excluding carboxylic acids is 1. The van der Waals surface area contributed by atoms with Gasteiger partial charge in [0.25, 0.3) is 0 Å². The molecule has 3 N–H and O–H groups in total. The molecular weight excluding hydrogens is 272 g/mol. The Labute approximate surface area is 124 Å². The van der Waals surface area contributed by atoms with E-state index in [0.29, 0.717) is 25.7 Å². The first kappa shape index (κ1) is 16.2. The number of allylic oxidation sites excluding steroid dienone is 1. The molecule has 0 radical (unpaired) electrons. The fourth-order valence-electron chi connectivity index (χ4n) is 3.08. The number of hydrogen-bond donors (Lipinski definition) is 3. The number of ether oxygens (including phenoxy) is 1. The Morgan fingerprint density at radius 3 is 2.62 bits per heavy atom. The lowest BCUT2D eigenvalue weighted by atomic mass is 9.89. The highest BCUT2D eigenvalue weighted by Gasteiger charge is 2.35. The second-order valence-corrected chi connectivity index (χ2v) is 6.08. The molecular formula is C16H24O5. The number of rotatable bonds is 0. The first-order chi connectivity index (χ1) is 9.95. The van der Waals surface area contributed by atoms with E-state index in [9.17, 15) is 20.1 Å². The summed E-state index contributed by atoms with van der Waals surface area (Å²) in [5.74, 6) is -0.632. The molecule has 1 aliphatic carbocycles. The van der Waals surface area contributed by atoms with E-state index in [2.05, 4.69) is 0 Å². The minimum Gasteiger partial charge on any atom is -0.460 e. The van der Waals surface area contributed by atoms with E-state index in [4.69, 9.17) is 4.74 Å². The lowest BCUT2D eigenvalue weighted by Gasteiger charge is -2.20. The van der Waals surface area contributed by atoms with Crippen molar-refractivity contribution < 1.29 is 24.9 Å². The van der Waals surface area contributed by atoms with Crippen molar-refractivity contribution in [2.24, 2.45) is 11.8 Å². The minimum absolute atomic E-state index is 0.00324. The Bertz CT molecular complexity index is 417. The second kappa shape index (κ2) is 7.20. The maximum absolute atomic E-state index is 11.6. The van der Waals surface area contributed by atoms with Crippen LogP contribution in [-0.4, -0.2) is 45.7 Å². The molecule has 0 aromatic carbocycles. The number of hydrogen-bond acceptors (Lipinski definition) is 5. The van der Waals surface area contributed by atoms with Gasteiger partial charge in [-0.05, 0) is 50.5 Å². The number of fused-ring (bicyclic) bond motifs is 1. The summed E-state index contributed by atoms with van der Waals surface area (Å²) in [5.41, 5.74) is 0. The summed E-state index contributed by atoms with van der Waals surface area (Å²) in [6, 6.07) is 0. The molecule has 1 heterocycles. The van der Waals surface area contributed by atoms with Gasteiger partial charge in [-0.1, -0.05) is 12.2 Å². The zero-order chi connectivity index (χ0) is 15.4. The summed E-state index contributed by atoms with van der Waals surface area (Å²) in [6.07, 6.45) is 6.30. The number of aliphatic hydroxyl groups is 3. The Morgan fingerprint density at radius 2 is 1.86 bits per heavy atom. The van der Waals surface area contributed by atoms with Crippen LogP contribution in [0, 0.1) is 11.8 Å². The summed E-state index contributed by atoms with van der Waals surface area (Å²) in [7, 11) is 0. The lowest BCUT2D eigenvalue weighted by Crippen LogP contribution is -2.22. The van der Waals surface area contributed by atoms with E-state index >= 15 is 0 Å². The van der Waals surface area contributed by atoms with Crippen LogP contribution in [0.4, 0.5) is 0 Å². The first-order valence-corrected chi connectivity index (χ1v) is 7.57. The van der Waals surface area contributed by atoms with Crippen molar-refractivity contribution in [2.45, 2.75) is 57.0 Å². The molecule has 0 spiro atoms. The molecule has 0 amide bonds. The van der Waals surface area contributed by atoms with Gasteiger partial charge in [-0.15, -0.1) is 0 Å². The van der Waals surface area contributed by atoms with E-state index in [1.165, 1.54) is 12.2 Å². The summed E-state index contributed by atoms with van der Waals surface area (Å²) < 4.78 is 5.17. The predicted octanol–water partition coefficient (Wildman–Crippen LogP) is 0.933. The topological polar surface area (TPSA) is 87.0 Å². The maximum atomic E-state index is 11.6. The van der Waals surface area contributed by atoms with Crippen molar-refractivity contribution in [3.05, 3.63) is 24.3 Å². The van der Waals surface area contributed by atoms with E-state index in [0.717, 1.165) is 0 Å². The van der Waals surface area contributed by atoms with Crippen LogP contribution in [0.5, 0.6) is 0 Å². The third kappa shape index (κ3) is 4.66. The van der Waals surface area contributed by atoms with Crippen molar-refractivity contribution in [3.63, 3.8) is 0 Å². The van der Waals surface area contributed by atoms with Gasteiger partial charge in [-0.25, -0.2) is 4.79 Å². The standard InChI is InChI=1S/C16H24O5/c1-10-2-4-12(17)5-3-11-8-13(18)9-14(11)15(19)6-7-16(20)21-10/h3,5-7,10-15,17-19H,2,4,8-9H2,1H3/b5-3+,7-6+/t10?,11-,12-,13+,14?,15-/m1/s1. The molecule has 0 aromatic rings. The van der Waals surface area contributed by atoms with Crippen LogP contribution >= 0.6 is 0 Å². The maximum Gasteiger partial charge on any atom is 0.330 e. The number of cyclic esters (lactones) is 1. The van der Waals surface area contributed by atoms with Crippen LogP contribution in [0.15, 0.2) is 24.3 Å². The quantitative estimate of drug-likeness (QED) is 0.457. The molecule has 1 aliphatic heterocycles.